The second kappa shape index (κ2) is 6.21. The third kappa shape index (κ3) is 3.95. The van der Waals surface area contributed by atoms with Crippen LogP contribution in [-0.2, 0) is 6.42 Å². The lowest BCUT2D eigenvalue weighted by atomic mass is 10.1. The molecule has 1 heterocycles. The van der Waals surface area contributed by atoms with E-state index in [1.807, 2.05) is 0 Å². The van der Waals surface area contributed by atoms with E-state index in [2.05, 4.69) is 24.8 Å². The van der Waals surface area contributed by atoms with Crippen molar-refractivity contribution in [2.75, 3.05) is 0 Å². The highest BCUT2D eigenvalue weighted by molar-refractivity contribution is 7.26. The van der Waals surface area contributed by atoms with Gasteiger partial charge in [0.15, 0.2) is 0 Å². The highest BCUT2D eigenvalue weighted by Gasteiger charge is 1.98. The molecule has 74 valence electrons. The Hall–Kier alpha value is -0.290. The fourth-order valence-electron chi connectivity index (χ4n) is 1.53. The Balaban J connectivity index is 2.10. The van der Waals surface area contributed by atoms with Gasteiger partial charge in [0.2, 0.25) is 0 Å². The minimum absolute atomic E-state index is 1.29. The monoisotopic (exact) mass is 197 g/mol. The van der Waals surface area contributed by atoms with Gasteiger partial charge in [-0.3, -0.25) is 0 Å². The van der Waals surface area contributed by atoms with Crippen LogP contribution in [0.1, 0.15) is 49.9 Å². The van der Waals surface area contributed by atoms with Crippen LogP contribution in [0.5, 0.6) is 0 Å². The fraction of sp³-hybridized carbons (Fsp3) is 0.727. The first kappa shape index (κ1) is 10.8. The molecule has 1 rings (SSSR count). The Labute approximate surface area is 83.1 Å². The van der Waals surface area contributed by atoms with E-state index in [9.17, 15) is 0 Å². The highest BCUT2D eigenvalue weighted by atomic mass is 31.0. The lowest BCUT2D eigenvalue weighted by Gasteiger charge is -1.99. The van der Waals surface area contributed by atoms with Crippen LogP contribution in [0.3, 0.4) is 0 Å². The Bertz CT molecular complexity index is 230. The van der Waals surface area contributed by atoms with Gasteiger partial charge in [0.05, 0.1) is 0 Å². The Morgan fingerprint density at radius 2 is 2.00 bits per heavy atom. The number of hydrogen-bond donors (Lipinski definition) is 1. The first-order valence-corrected chi connectivity index (χ1v) is 6.23. The van der Waals surface area contributed by atoms with Gasteiger partial charge in [-0.2, -0.15) is 0 Å². The number of H-pyrrole nitrogens is 1. The van der Waals surface area contributed by atoms with Crippen LogP contribution in [-0.4, -0.2) is 4.75 Å². The summed E-state index contributed by atoms with van der Waals surface area (Å²) in [5.74, 6) is 0. The predicted octanol–water partition coefficient (Wildman–Crippen LogP) is 4.42. The summed E-state index contributed by atoms with van der Waals surface area (Å²) < 4.78 is 3.25. The van der Waals surface area contributed by atoms with E-state index in [1.54, 1.807) is 5.30 Å². The van der Waals surface area contributed by atoms with Gasteiger partial charge in [0.1, 0.15) is 0 Å². The van der Waals surface area contributed by atoms with Gasteiger partial charge in [0.25, 0.3) is 0 Å². The van der Waals surface area contributed by atoms with E-state index in [4.69, 9.17) is 0 Å². The van der Waals surface area contributed by atoms with E-state index >= 15 is 0 Å². The molecule has 0 saturated carbocycles. The number of nitrogens with one attached hydrogen (secondary N) is 1. The van der Waals surface area contributed by atoms with Gasteiger partial charge in [-0.05, 0) is 25.3 Å². The number of aromatic amines is 1. The number of rotatable bonds is 6. The van der Waals surface area contributed by atoms with Crippen molar-refractivity contribution in [3.8, 4) is 0 Å². The van der Waals surface area contributed by atoms with E-state index < -0.39 is 0 Å². The molecule has 2 heteroatoms. The van der Waals surface area contributed by atoms with Crippen molar-refractivity contribution in [2.45, 2.75) is 52.4 Å². The van der Waals surface area contributed by atoms with Crippen LogP contribution < -0.4 is 0 Å². The maximum atomic E-state index is 3.25. The molecule has 0 unspecified atom stereocenters. The lowest BCUT2D eigenvalue weighted by molar-refractivity contribution is 0.634. The summed E-state index contributed by atoms with van der Waals surface area (Å²) in [5, 5.41) is 1.59. The molecule has 0 saturated heterocycles. The Kier molecular flexibility index (Phi) is 5.15. The zero-order valence-corrected chi connectivity index (χ0v) is 9.66. The second-order valence-corrected chi connectivity index (χ2v) is 4.70. The van der Waals surface area contributed by atoms with Crippen LogP contribution in [0.15, 0.2) is 6.20 Å². The van der Waals surface area contributed by atoms with Gasteiger partial charge in [-0.25, -0.2) is 0 Å². The number of aromatic nitrogens is 1. The summed E-state index contributed by atoms with van der Waals surface area (Å²) in [6, 6.07) is 0. The summed E-state index contributed by atoms with van der Waals surface area (Å²) in [7, 11) is 1.33. The molecule has 0 fully saturated rings. The van der Waals surface area contributed by atoms with Gasteiger partial charge < -0.3 is 4.75 Å². The Morgan fingerprint density at radius 1 is 1.23 bits per heavy atom. The standard InChI is InChI=1S/C11H20NP/c1-3-4-5-6-7-8-11-10(2)9-12-13-11/h9,12H,3-8H2,1-2H3. The lowest BCUT2D eigenvalue weighted by Crippen LogP contribution is -1.83. The van der Waals surface area contributed by atoms with Crippen molar-refractivity contribution < 1.29 is 0 Å². The molecule has 0 aliphatic rings. The predicted molar refractivity (Wildman–Crippen MR) is 60.5 cm³/mol. The summed E-state index contributed by atoms with van der Waals surface area (Å²) in [6.07, 6.45) is 10.4. The molecule has 0 aromatic carbocycles. The van der Waals surface area contributed by atoms with Crippen molar-refractivity contribution in [2.24, 2.45) is 0 Å². The number of aryl methyl sites for hydroxylation is 2. The molecule has 1 N–H and O–H groups in total. The molecule has 0 aliphatic carbocycles. The van der Waals surface area contributed by atoms with Crippen molar-refractivity contribution in [1.29, 1.82) is 0 Å². The van der Waals surface area contributed by atoms with Gasteiger partial charge in [-0.1, -0.05) is 32.6 Å². The van der Waals surface area contributed by atoms with Crippen LogP contribution in [0.4, 0.5) is 0 Å². The highest BCUT2D eigenvalue weighted by Crippen LogP contribution is 2.19. The molecule has 1 nitrogen and oxygen atoms in total. The first-order chi connectivity index (χ1) is 6.34. The number of hydrogen-bond acceptors (Lipinski definition) is 0. The van der Waals surface area contributed by atoms with Gasteiger partial charge in [0, 0.05) is 19.8 Å². The minimum Gasteiger partial charge on any atom is -0.344 e. The third-order valence-electron chi connectivity index (χ3n) is 2.45. The molecule has 0 atom stereocenters. The molecule has 0 bridgehead atoms. The molecule has 0 amide bonds. The first-order valence-electron chi connectivity index (χ1n) is 5.34. The van der Waals surface area contributed by atoms with E-state index in [0.717, 1.165) is 0 Å². The number of unbranched alkanes of at least 4 members (excludes halogenated alkanes) is 4. The largest absolute Gasteiger partial charge is 0.344 e. The normalized spacial score (nSPS) is 11.2. The molecule has 0 radical (unpaired) electrons. The maximum Gasteiger partial charge on any atom is 0.0141 e. The van der Waals surface area contributed by atoms with Crippen molar-refractivity contribution in [3.05, 3.63) is 17.1 Å². The molecule has 0 aliphatic heterocycles. The fourth-order valence-corrected chi connectivity index (χ4v) is 2.45. The zero-order chi connectivity index (χ0) is 9.52. The summed E-state index contributed by atoms with van der Waals surface area (Å²) >= 11 is 0. The molecule has 0 spiro atoms. The summed E-state index contributed by atoms with van der Waals surface area (Å²) in [5.41, 5.74) is 1.46. The zero-order valence-electron chi connectivity index (χ0n) is 8.77. The summed E-state index contributed by atoms with van der Waals surface area (Å²) in [6.45, 7) is 4.47. The average molecular weight is 197 g/mol. The minimum atomic E-state index is 1.29. The second-order valence-electron chi connectivity index (χ2n) is 3.68. The molecule has 1 aromatic rings. The van der Waals surface area contributed by atoms with E-state index in [-0.39, 0.29) is 0 Å². The third-order valence-corrected chi connectivity index (χ3v) is 3.56. The quantitative estimate of drug-likeness (QED) is 0.650. The van der Waals surface area contributed by atoms with Gasteiger partial charge >= 0.3 is 0 Å². The van der Waals surface area contributed by atoms with Crippen LogP contribution in [0.25, 0.3) is 0 Å². The summed E-state index contributed by atoms with van der Waals surface area (Å²) in [4.78, 5) is 0. The van der Waals surface area contributed by atoms with Crippen molar-refractivity contribution in [1.82, 2.24) is 4.75 Å². The van der Waals surface area contributed by atoms with E-state index in [1.165, 1.54) is 52.4 Å². The van der Waals surface area contributed by atoms with Crippen LogP contribution in [0, 0.1) is 6.92 Å². The average Bonchev–Trinajstić information content (AvgIpc) is 2.52. The molecule has 1 aromatic heterocycles. The molecular formula is C11H20NP. The Morgan fingerprint density at radius 3 is 2.62 bits per heavy atom. The SMILES string of the molecule is CCCCCCCc1p[nH]cc1C. The molecular weight excluding hydrogens is 177 g/mol. The van der Waals surface area contributed by atoms with E-state index in [0.29, 0.717) is 0 Å². The van der Waals surface area contributed by atoms with Crippen molar-refractivity contribution in [3.63, 3.8) is 0 Å². The van der Waals surface area contributed by atoms with Gasteiger partial charge in [-0.15, -0.1) is 0 Å². The van der Waals surface area contributed by atoms with Crippen LogP contribution in [0.2, 0.25) is 0 Å². The topological polar surface area (TPSA) is 15.8 Å². The molecule has 13 heavy (non-hydrogen) atoms. The van der Waals surface area contributed by atoms with Crippen LogP contribution >= 0.6 is 8.35 Å². The maximum absolute atomic E-state index is 3.25. The van der Waals surface area contributed by atoms with Crippen molar-refractivity contribution >= 4 is 8.35 Å². The smallest absolute Gasteiger partial charge is 0.0141 e.